The molecule has 22 heavy (non-hydrogen) atoms. The number of hydrogen-bond acceptors (Lipinski definition) is 2. The highest BCUT2D eigenvalue weighted by Gasteiger charge is 2.31. The van der Waals surface area contributed by atoms with Gasteiger partial charge in [0.25, 0.3) is 0 Å². The van der Waals surface area contributed by atoms with Gasteiger partial charge in [0.2, 0.25) is 0 Å². The van der Waals surface area contributed by atoms with Crippen LogP contribution in [0.25, 0.3) is 0 Å². The van der Waals surface area contributed by atoms with Gasteiger partial charge in [0, 0.05) is 12.6 Å². The number of alkyl halides is 3. The van der Waals surface area contributed by atoms with Crippen molar-refractivity contribution in [1.29, 1.82) is 0 Å². The Hall–Kier alpha value is -2.50. The zero-order chi connectivity index (χ0) is 16.2. The van der Waals surface area contributed by atoms with Crippen molar-refractivity contribution in [3.8, 4) is 5.75 Å². The summed E-state index contributed by atoms with van der Waals surface area (Å²) in [5.74, 6) is -0.239. The van der Waals surface area contributed by atoms with Gasteiger partial charge < -0.3 is 4.74 Å². The van der Waals surface area contributed by atoms with Crippen LogP contribution in [0.1, 0.15) is 11.3 Å². The summed E-state index contributed by atoms with van der Waals surface area (Å²) < 4.78 is 42.2. The standard InChI is InChI=1S/C16H15F3N2O/c1-3-12(2)9-14-7-8-21(20-14)11-13-5-4-6-15(10-13)22-16(17,18)19/h3-8,10H,1-2,9,11H2. The summed E-state index contributed by atoms with van der Waals surface area (Å²) in [6.07, 6.45) is -0.670. The average molecular weight is 308 g/mol. The first-order chi connectivity index (χ1) is 10.4. The van der Waals surface area contributed by atoms with Gasteiger partial charge in [0.05, 0.1) is 12.2 Å². The number of ether oxygens (including phenoxy) is 1. The molecule has 0 fully saturated rings. The topological polar surface area (TPSA) is 27.1 Å². The van der Waals surface area contributed by atoms with Gasteiger partial charge in [0.1, 0.15) is 5.75 Å². The van der Waals surface area contributed by atoms with E-state index in [4.69, 9.17) is 0 Å². The summed E-state index contributed by atoms with van der Waals surface area (Å²) in [6, 6.07) is 7.68. The molecule has 0 unspecified atom stereocenters. The molecule has 6 heteroatoms. The Balaban J connectivity index is 2.06. The Labute approximate surface area is 126 Å². The van der Waals surface area contributed by atoms with E-state index in [1.54, 1.807) is 23.0 Å². The van der Waals surface area contributed by atoms with Crippen molar-refractivity contribution in [2.24, 2.45) is 0 Å². The molecule has 0 N–H and O–H groups in total. The molecule has 3 nitrogen and oxygen atoms in total. The lowest BCUT2D eigenvalue weighted by Gasteiger charge is -2.10. The summed E-state index contributed by atoms with van der Waals surface area (Å²) in [6.45, 7) is 7.80. The molecular formula is C16H15F3N2O. The second-order valence-electron chi connectivity index (χ2n) is 4.74. The lowest BCUT2D eigenvalue weighted by molar-refractivity contribution is -0.274. The lowest BCUT2D eigenvalue weighted by Crippen LogP contribution is -2.17. The second-order valence-corrected chi connectivity index (χ2v) is 4.74. The normalized spacial score (nSPS) is 11.2. The monoisotopic (exact) mass is 308 g/mol. The molecule has 0 radical (unpaired) electrons. The van der Waals surface area contributed by atoms with Crippen molar-refractivity contribution in [3.05, 3.63) is 72.6 Å². The van der Waals surface area contributed by atoms with E-state index >= 15 is 0 Å². The molecule has 0 aliphatic heterocycles. The molecule has 0 amide bonds. The Morgan fingerprint density at radius 2 is 2.09 bits per heavy atom. The van der Waals surface area contributed by atoms with E-state index in [1.165, 1.54) is 18.2 Å². The first-order valence-electron chi connectivity index (χ1n) is 6.53. The summed E-state index contributed by atoms with van der Waals surface area (Å²) in [5, 5.41) is 4.34. The van der Waals surface area contributed by atoms with E-state index < -0.39 is 6.36 Å². The largest absolute Gasteiger partial charge is 0.573 e. The van der Waals surface area contributed by atoms with Crippen LogP contribution in [0.4, 0.5) is 13.2 Å². The molecule has 0 saturated carbocycles. The number of hydrogen-bond donors (Lipinski definition) is 0. The van der Waals surface area contributed by atoms with Gasteiger partial charge in [-0.3, -0.25) is 4.68 Å². The van der Waals surface area contributed by atoms with Gasteiger partial charge in [-0.15, -0.1) is 13.2 Å². The molecule has 0 saturated heterocycles. The summed E-state index contributed by atoms with van der Waals surface area (Å²) in [5.41, 5.74) is 2.34. The summed E-state index contributed by atoms with van der Waals surface area (Å²) in [7, 11) is 0. The van der Waals surface area contributed by atoms with Crippen LogP contribution in [0.2, 0.25) is 0 Å². The Morgan fingerprint density at radius 1 is 1.32 bits per heavy atom. The van der Waals surface area contributed by atoms with Crippen molar-refractivity contribution in [3.63, 3.8) is 0 Å². The third-order valence-corrected chi connectivity index (χ3v) is 2.87. The molecule has 0 bridgehead atoms. The van der Waals surface area contributed by atoms with Crippen molar-refractivity contribution in [2.75, 3.05) is 0 Å². The van der Waals surface area contributed by atoms with Crippen LogP contribution < -0.4 is 4.74 Å². The molecule has 0 aliphatic rings. The first kappa shape index (κ1) is 15.9. The van der Waals surface area contributed by atoms with Crippen LogP contribution in [-0.4, -0.2) is 16.1 Å². The van der Waals surface area contributed by atoms with Crippen molar-refractivity contribution >= 4 is 0 Å². The van der Waals surface area contributed by atoms with E-state index in [0.717, 1.165) is 11.3 Å². The van der Waals surface area contributed by atoms with Crippen LogP contribution in [0.5, 0.6) is 5.75 Å². The van der Waals surface area contributed by atoms with Gasteiger partial charge in [-0.1, -0.05) is 31.4 Å². The SMILES string of the molecule is C=CC(=C)Cc1ccn(Cc2cccc(OC(F)(F)F)c2)n1. The molecule has 2 aromatic rings. The van der Waals surface area contributed by atoms with Gasteiger partial charge in [-0.05, 0) is 29.3 Å². The van der Waals surface area contributed by atoms with Crippen molar-refractivity contribution < 1.29 is 17.9 Å². The predicted octanol–water partition coefficient (Wildman–Crippen LogP) is 4.11. The Kier molecular flexibility index (Phi) is 4.70. The summed E-state index contributed by atoms with van der Waals surface area (Å²) in [4.78, 5) is 0. The highest BCUT2D eigenvalue weighted by Crippen LogP contribution is 2.23. The maximum atomic E-state index is 12.2. The fourth-order valence-corrected chi connectivity index (χ4v) is 1.92. The van der Waals surface area contributed by atoms with E-state index in [-0.39, 0.29) is 5.75 Å². The zero-order valence-corrected chi connectivity index (χ0v) is 11.8. The lowest BCUT2D eigenvalue weighted by atomic mass is 10.2. The van der Waals surface area contributed by atoms with Crippen LogP contribution >= 0.6 is 0 Å². The number of rotatable bonds is 6. The molecular weight excluding hydrogens is 293 g/mol. The van der Waals surface area contributed by atoms with Gasteiger partial charge >= 0.3 is 6.36 Å². The third kappa shape index (κ3) is 4.80. The Morgan fingerprint density at radius 3 is 2.77 bits per heavy atom. The fraction of sp³-hybridized carbons (Fsp3) is 0.188. The number of allylic oxidation sites excluding steroid dienone is 2. The number of nitrogens with zero attached hydrogens (tertiary/aromatic N) is 2. The number of aromatic nitrogens is 2. The van der Waals surface area contributed by atoms with Crippen LogP contribution in [0.15, 0.2) is 61.3 Å². The maximum Gasteiger partial charge on any atom is 0.573 e. The minimum Gasteiger partial charge on any atom is -0.406 e. The number of halogens is 3. The molecule has 1 heterocycles. The first-order valence-corrected chi connectivity index (χ1v) is 6.53. The van der Waals surface area contributed by atoms with Gasteiger partial charge in [-0.25, -0.2) is 0 Å². The smallest absolute Gasteiger partial charge is 0.406 e. The van der Waals surface area contributed by atoms with Crippen LogP contribution in [0.3, 0.4) is 0 Å². The van der Waals surface area contributed by atoms with Crippen LogP contribution in [0, 0.1) is 0 Å². The van der Waals surface area contributed by atoms with E-state index in [0.29, 0.717) is 18.5 Å². The molecule has 1 aromatic carbocycles. The fourth-order valence-electron chi connectivity index (χ4n) is 1.92. The van der Waals surface area contributed by atoms with E-state index in [1.807, 2.05) is 6.07 Å². The molecule has 1 aromatic heterocycles. The minimum atomic E-state index is -4.69. The maximum absolute atomic E-state index is 12.2. The Bertz CT molecular complexity index is 674. The van der Waals surface area contributed by atoms with Crippen LogP contribution in [-0.2, 0) is 13.0 Å². The molecule has 2 rings (SSSR count). The van der Waals surface area contributed by atoms with E-state index in [2.05, 4.69) is 23.0 Å². The highest BCUT2D eigenvalue weighted by molar-refractivity contribution is 5.29. The minimum absolute atomic E-state index is 0.239. The van der Waals surface area contributed by atoms with Crippen molar-refractivity contribution in [1.82, 2.24) is 9.78 Å². The molecule has 0 aliphatic carbocycles. The van der Waals surface area contributed by atoms with Gasteiger partial charge in [-0.2, -0.15) is 5.10 Å². The molecule has 0 atom stereocenters. The quantitative estimate of drug-likeness (QED) is 0.751. The average Bonchev–Trinajstić information content (AvgIpc) is 2.84. The van der Waals surface area contributed by atoms with Gasteiger partial charge in [0.15, 0.2) is 0 Å². The second kappa shape index (κ2) is 6.51. The summed E-state index contributed by atoms with van der Waals surface area (Å²) >= 11 is 0. The third-order valence-electron chi connectivity index (χ3n) is 2.87. The zero-order valence-electron chi connectivity index (χ0n) is 11.8. The predicted molar refractivity (Wildman–Crippen MR) is 77.5 cm³/mol. The van der Waals surface area contributed by atoms with E-state index in [9.17, 15) is 13.2 Å². The highest BCUT2D eigenvalue weighted by atomic mass is 19.4. The number of benzene rings is 1. The van der Waals surface area contributed by atoms with Crippen molar-refractivity contribution in [2.45, 2.75) is 19.3 Å². The molecule has 0 spiro atoms. The molecule has 116 valence electrons.